The zero-order chi connectivity index (χ0) is 14.8. The number of hydrogen-bond donors (Lipinski definition) is 3. The Balaban J connectivity index is 1.54. The van der Waals surface area contributed by atoms with Gasteiger partial charge < -0.3 is 20.6 Å². The van der Waals surface area contributed by atoms with Crippen LogP contribution < -0.4 is 11.4 Å². The summed E-state index contributed by atoms with van der Waals surface area (Å²) in [5, 5.41) is 0. The lowest BCUT2D eigenvalue weighted by atomic mass is 10.1. The minimum absolute atomic E-state index is 0.141. The number of nitrogens with one attached hydrogen (secondary N) is 2. The number of aryl methyl sites for hydroxylation is 1. The van der Waals surface area contributed by atoms with Crippen molar-refractivity contribution in [2.75, 3.05) is 13.1 Å². The third-order valence-corrected chi connectivity index (χ3v) is 4.01. The molecule has 0 bridgehead atoms. The first-order valence-corrected chi connectivity index (χ1v) is 7.36. The standard InChI is InChI=1S/C15H20N4O2/c16-11-6-7-19(9-11)14(20)3-1-2-10-4-5-12-13(8-10)18-15(21)17-12/h4-5,8,11H,1-3,6-7,9,16H2,(H2,17,18,21). The van der Waals surface area contributed by atoms with Crippen LogP contribution in [0.5, 0.6) is 0 Å². The Morgan fingerprint density at radius 1 is 1.33 bits per heavy atom. The molecule has 1 aliphatic heterocycles. The van der Waals surface area contributed by atoms with Crippen molar-refractivity contribution in [1.29, 1.82) is 0 Å². The highest BCUT2D eigenvalue weighted by Gasteiger charge is 2.22. The molecular formula is C15H20N4O2. The van der Waals surface area contributed by atoms with Gasteiger partial charge in [-0.1, -0.05) is 6.07 Å². The fourth-order valence-corrected chi connectivity index (χ4v) is 2.85. The van der Waals surface area contributed by atoms with Gasteiger partial charge in [0, 0.05) is 25.6 Å². The van der Waals surface area contributed by atoms with Crippen LogP contribution in [0.25, 0.3) is 11.0 Å². The van der Waals surface area contributed by atoms with Crippen LogP contribution in [0.15, 0.2) is 23.0 Å². The first kappa shape index (κ1) is 13.9. The quantitative estimate of drug-likeness (QED) is 0.774. The molecule has 1 aromatic carbocycles. The molecular weight excluding hydrogens is 268 g/mol. The summed E-state index contributed by atoms with van der Waals surface area (Å²) in [5.74, 6) is 0.194. The third kappa shape index (κ3) is 3.16. The molecule has 2 heterocycles. The number of rotatable bonds is 4. The highest BCUT2D eigenvalue weighted by molar-refractivity contribution is 5.77. The number of hydrogen-bond acceptors (Lipinski definition) is 3. The molecule has 1 aliphatic rings. The molecule has 3 rings (SSSR count). The first-order chi connectivity index (χ1) is 10.1. The van der Waals surface area contributed by atoms with Crippen LogP contribution >= 0.6 is 0 Å². The molecule has 0 radical (unpaired) electrons. The van der Waals surface area contributed by atoms with E-state index in [-0.39, 0.29) is 17.6 Å². The van der Waals surface area contributed by atoms with E-state index in [1.54, 1.807) is 0 Å². The number of likely N-dealkylation sites (tertiary alicyclic amines) is 1. The zero-order valence-electron chi connectivity index (χ0n) is 11.9. The monoisotopic (exact) mass is 288 g/mol. The molecule has 6 heteroatoms. The van der Waals surface area contributed by atoms with E-state index in [0.717, 1.165) is 42.4 Å². The van der Waals surface area contributed by atoms with Gasteiger partial charge in [0.2, 0.25) is 5.91 Å². The lowest BCUT2D eigenvalue weighted by Gasteiger charge is -2.15. The van der Waals surface area contributed by atoms with E-state index in [1.807, 2.05) is 23.1 Å². The van der Waals surface area contributed by atoms with Gasteiger partial charge in [0.15, 0.2) is 0 Å². The van der Waals surface area contributed by atoms with Crippen molar-refractivity contribution in [3.63, 3.8) is 0 Å². The number of nitrogens with two attached hydrogens (primary N) is 1. The predicted octanol–water partition coefficient (Wildman–Crippen LogP) is 0.738. The smallest absolute Gasteiger partial charge is 0.323 e. The molecule has 1 unspecified atom stereocenters. The van der Waals surface area contributed by atoms with Crippen molar-refractivity contribution in [2.45, 2.75) is 31.7 Å². The maximum atomic E-state index is 12.0. The van der Waals surface area contributed by atoms with Gasteiger partial charge in [-0.2, -0.15) is 0 Å². The second-order valence-corrected chi connectivity index (χ2v) is 5.70. The maximum Gasteiger partial charge on any atom is 0.323 e. The number of fused-ring (bicyclic) bond motifs is 1. The Kier molecular flexibility index (Phi) is 3.79. The topological polar surface area (TPSA) is 95.0 Å². The highest BCUT2D eigenvalue weighted by atomic mass is 16.2. The summed E-state index contributed by atoms with van der Waals surface area (Å²) in [7, 11) is 0. The van der Waals surface area contributed by atoms with Crippen molar-refractivity contribution in [3.05, 3.63) is 34.2 Å². The Morgan fingerprint density at radius 2 is 2.14 bits per heavy atom. The molecule has 1 aromatic heterocycles. The molecule has 0 spiro atoms. The van der Waals surface area contributed by atoms with Gasteiger partial charge in [-0.05, 0) is 37.0 Å². The van der Waals surface area contributed by atoms with Gasteiger partial charge in [-0.25, -0.2) is 4.79 Å². The van der Waals surface area contributed by atoms with E-state index < -0.39 is 0 Å². The number of aromatic amines is 2. The van der Waals surface area contributed by atoms with Crippen molar-refractivity contribution in [2.24, 2.45) is 5.73 Å². The number of benzene rings is 1. The minimum atomic E-state index is -0.192. The van der Waals surface area contributed by atoms with E-state index in [2.05, 4.69) is 9.97 Å². The van der Waals surface area contributed by atoms with E-state index in [9.17, 15) is 9.59 Å². The first-order valence-electron chi connectivity index (χ1n) is 7.36. The summed E-state index contributed by atoms with van der Waals surface area (Å²) in [5.41, 5.74) is 8.37. The highest BCUT2D eigenvalue weighted by Crippen LogP contribution is 2.14. The normalized spacial score (nSPS) is 18.5. The van der Waals surface area contributed by atoms with Crippen molar-refractivity contribution >= 4 is 16.9 Å². The lowest BCUT2D eigenvalue weighted by molar-refractivity contribution is -0.130. The summed E-state index contributed by atoms with van der Waals surface area (Å²) in [6.07, 6.45) is 3.09. The Morgan fingerprint density at radius 3 is 2.90 bits per heavy atom. The van der Waals surface area contributed by atoms with Crippen LogP contribution in [-0.4, -0.2) is 39.9 Å². The van der Waals surface area contributed by atoms with Crippen LogP contribution in [0.4, 0.5) is 0 Å². The number of carbonyl (C=O) groups excluding carboxylic acids is 1. The van der Waals surface area contributed by atoms with E-state index in [4.69, 9.17) is 5.73 Å². The number of amides is 1. The van der Waals surface area contributed by atoms with E-state index in [1.165, 1.54) is 0 Å². The summed E-state index contributed by atoms with van der Waals surface area (Å²) in [6.45, 7) is 1.48. The van der Waals surface area contributed by atoms with Gasteiger partial charge in [-0.3, -0.25) is 4.79 Å². The zero-order valence-corrected chi connectivity index (χ0v) is 11.9. The van der Waals surface area contributed by atoms with Crippen LogP contribution in [-0.2, 0) is 11.2 Å². The van der Waals surface area contributed by atoms with E-state index in [0.29, 0.717) is 13.0 Å². The van der Waals surface area contributed by atoms with Gasteiger partial charge in [-0.15, -0.1) is 0 Å². The van der Waals surface area contributed by atoms with Crippen LogP contribution in [0.1, 0.15) is 24.8 Å². The van der Waals surface area contributed by atoms with Crippen molar-refractivity contribution < 1.29 is 4.79 Å². The van der Waals surface area contributed by atoms with Crippen LogP contribution in [0, 0.1) is 0 Å². The second-order valence-electron chi connectivity index (χ2n) is 5.70. The largest absolute Gasteiger partial charge is 0.341 e. The summed E-state index contributed by atoms with van der Waals surface area (Å²) in [6, 6.07) is 5.98. The fraction of sp³-hybridized carbons (Fsp3) is 0.467. The van der Waals surface area contributed by atoms with Crippen molar-refractivity contribution in [3.8, 4) is 0 Å². The Hall–Kier alpha value is -2.08. The van der Waals surface area contributed by atoms with Crippen LogP contribution in [0.3, 0.4) is 0 Å². The molecule has 0 saturated carbocycles. The number of aromatic nitrogens is 2. The molecule has 1 saturated heterocycles. The molecule has 0 aliphatic carbocycles. The molecule has 2 aromatic rings. The molecule has 1 amide bonds. The Labute approximate surface area is 122 Å². The summed E-state index contributed by atoms with van der Waals surface area (Å²) in [4.78, 5) is 30.5. The SMILES string of the molecule is NC1CCN(C(=O)CCCc2ccc3[nH]c(=O)[nH]c3c2)C1. The van der Waals surface area contributed by atoms with Gasteiger partial charge >= 0.3 is 5.69 Å². The Bertz CT molecular complexity index is 703. The molecule has 1 fully saturated rings. The van der Waals surface area contributed by atoms with Gasteiger partial charge in [0.1, 0.15) is 0 Å². The lowest BCUT2D eigenvalue weighted by Crippen LogP contribution is -2.31. The molecule has 112 valence electrons. The number of nitrogens with zero attached hydrogens (tertiary/aromatic N) is 1. The average Bonchev–Trinajstić information content (AvgIpc) is 3.03. The second kappa shape index (κ2) is 5.73. The van der Waals surface area contributed by atoms with Crippen LogP contribution in [0.2, 0.25) is 0 Å². The molecule has 21 heavy (non-hydrogen) atoms. The molecule has 4 N–H and O–H groups in total. The minimum Gasteiger partial charge on any atom is -0.341 e. The van der Waals surface area contributed by atoms with Crippen molar-refractivity contribution in [1.82, 2.24) is 14.9 Å². The predicted molar refractivity (Wildman–Crippen MR) is 81.0 cm³/mol. The average molecular weight is 288 g/mol. The van der Waals surface area contributed by atoms with Gasteiger partial charge in [0.25, 0.3) is 0 Å². The molecule has 1 atom stereocenters. The summed E-state index contributed by atoms with van der Waals surface area (Å²) >= 11 is 0. The van der Waals surface area contributed by atoms with E-state index >= 15 is 0 Å². The van der Waals surface area contributed by atoms with Gasteiger partial charge in [0.05, 0.1) is 11.0 Å². The molecule has 6 nitrogen and oxygen atoms in total. The number of H-pyrrole nitrogens is 2. The fourth-order valence-electron chi connectivity index (χ4n) is 2.85. The number of imidazole rings is 1. The number of carbonyl (C=O) groups is 1. The maximum absolute atomic E-state index is 12.0. The summed E-state index contributed by atoms with van der Waals surface area (Å²) < 4.78 is 0. The third-order valence-electron chi connectivity index (χ3n) is 4.01.